The van der Waals surface area contributed by atoms with Crippen LogP contribution in [0.5, 0.6) is 0 Å². The van der Waals surface area contributed by atoms with Crippen molar-refractivity contribution in [2.45, 2.75) is 63.6 Å². The highest BCUT2D eigenvalue weighted by Crippen LogP contribution is 2.42. The van der Waals surface area contributed by atoms with Crippen molar-refractivity contribution in [3.8, 4) is 0 Å². The zero-order valence-corrected chi connectivity index (χ0v) is 13.6. The van der Waals surface area contributed by atoms with Gasteiger partial charge in [-0.1, -0.05) is 12.8 Å². The third kappa shape index (κ3) is 3.83. The summed E-state index contributed by atoms with van der Waals surface area (Å²) in [7, 11) is 0. The van der Waals surface area contributed by atoms with E-state index in [2.05, 4.69) is 5.32 Å². The normalized spacial score (nSPS) is 33.9. The van der Waals surface area contributed by atoms with Crippen molar-refractivity contribution in [1.82, 2.24) is 10.2 Å². The molecule has 0 radical (unpaired) electrons. The molecule has 23 heavy (non-hydrogen) atoms. The molecule has 1 saturated carbocycles. The number of carbonyl (C=O) groups is 1. The fourth-order valence-corrected chi connectivity index (χ4v) is 4.69. The van der Waals surface area contributed by atoms with Crippen LogP contribution in [0.3, 0.4) is 0 Å². The summed E-state index contributed by atoms with van der Waals surface area (Å²) in [5, 5.41) is 3.51. The number of alkyl halides is 3. The number of hydrogen-bond donors (Lipinski definition) is 1. The fourth-order valence-electron chi connectivity index (χ4n) is 4.69. The van der Waals surface area contributed by atoms with Crippen molar-refractivity contribution in [2.24, 2.45) is 17.8 Å². The van der Waals surface area contributed by atoms with Gasteiger partial charge in [0.05, 0.1) is 5.92 Å². The molecule has 3 fully saturated rings. The first kappa shape index (κ1) is 17.1. The topological polar surface area (TPSA) is 32.3 Å². The van der Waals surface area contributed by atoms with E-state index in [0.717, 1.165) is 25.8 Å². The summed E-state index contributed by atoms with van der Waals surface area (Å²) >= 11 is 0. The summed E-state index contributed by atoms with van der Waals surface area (Å²) < 4.78 is 39.6. The second-order valence-corrected chi connectivity index (χ2v) is 7.40. The van der Waals surface area contributed by atoms with Gasteiger partial charge in [0.1, 0.15) is 0 Å². The van der Waals surface area contributed by atoms with Gasteiger partial charge in [-0.15, -0.1) is 0 Å². The van der Waals surface area contributed by atoms with Gasteiger partial charge >= 0.3 is 6.18 Å². The van der Waals surface area contributed by atoms with E-state index in [1.807, 2.05) is 0 Å². The smallest absolute Gasteiger partial charge is 0.342 e. The molecule has 2 heterocycles. The Morgan fingerprint density at radius 2 is 1.65 bits per heavy atom. The van der Waals surface area contributed by atoms with Crippen molar-refractivity contribution in [1.29, 1.82) is 0 Å². The highest BCUT2D eigenvalue weighted by molar-refractivity contribution is 5.79. The Bertz CT molecular complexity index is 413. The molecule has 3 unspecified atom stereocenters. The van der Waals surface area contributed by atoms with Gasteiger partial charge < -0.3 is 10.2 Å². The number of nitrogens with one attached hydrogen (secondary N) is 1. The molecule has 1 N–H and O–H groups in total. The minimum atomic E-state index is -4.24. The number of rotatable bonds is 2. The molecule has 1 aliphatic carbocycles. The number of halogens is 3. The Labute approximate surface area is 136 Å². The Morgan fingerprint density at radius 3 is 2.26 bits per heavy atom. The zero-order chi connectivity index (χ0) is 16.4. The molecule has 3 atom stereocenters. The van der Waals surface area contributed by atoms with Gasteiger partial charge in [0.25, 0.3) is 0 Å². The molecule has 3 nitrogen and oxygen atoms in total. The summed E-state index contributed by atoms with van der Waals surface area (Å²) in [5.41, 5.74) is 0. The molecule has 2 saturated heterocycles. The van der Waals surface area contributed by atoms with Gasteiger partial charge in [-0.05, 0) is 51.0 Å². The van der Waals surface area contributed by atoms with Crippen molar-refractivity contribution >= 4 is 5.91 Å². The molecule has 1 amide bonds. The van der Waals surface area contributed by atoms with Crippen LogP contribution in [0, 0.1) is 17.8 Å². The highest BCUT2D eigenvalue weighted by atomic mass is 19.4. The van der Waals surface area contributed by atoms with E-state index in [1.165, 1.54) is 12.8 Å². The fraction of sp³-hybridized carbons (Fsp3) is 0.941. The standard InChI is InChI=1S/C17H27F3N2O/c18-17(19,20)14-5-2-1-4-13(14)16(23)22-10-7-12(8-11-22)15-6-3-9-21-15/h12-15,21H,1-11H2. The SMILES string of the molecule is O=C(C1CCCCC1C(F)(F)F)N1CCC(C2CCCN2)CC1. The molecule has 6 heteroatoms. The zero-order valence-electron chi connectivity index (χ0n) is 13.6. The number of nitrogens with zero attached hydrogens (tertiary/aromatic N) is 1. The Morgan fingerprint density at radius 1 is 0.957 bits per heavy atom. The molecular weight excluding hydrogens is 305 g/mol. The van der Waals surface area contributed by atoms with E-state index in [1.54, 1.807) is 4.90 Å². The molecule has 0 aromatic carbocycles. The molecular formula is C17H27F3N2O. The van der Waals surface area contributed by atoms with E-state index in [4.69, 9.17) is 0 Å². The van der Waals surface area contributed by atoms with Crippen LogP contribution in [0.4, 0.5) is 13.2 Å². The Balaban J connectivity index is 1.57. The maximum Gasteiger partial charge on any atom is 0.392 e. The van der Waals surface area contributed by atoms with Crippen LogP contribution >= 0.6 is 0 Å². The molecule has 0 bridgehead atoms. The van der Waals surface area contributed by atoms with Gasteiger partial charge in [0.2, 0.25) is 5.91 Å². The summed E-state index contributed by atoms with van der Waals surface area (Å²) in [4.78, 5) is 14.4. The van der Waals surface area contributed by atoms with Gasteiger partial charge in [0.15, 0.2) is 0 Å². The number of likely N-dealkylation sites (tertiary alicyclic amines) is 1. The van der Waals surface area contributed by atoms with Gasteiger partial charge in [-0.3, -0.25) is 4.79 Å². The lowest BCUT2D eigenvalue weighted by Gasteiger charge is -2.39. The molecule has 132 valence electrons. The maximum absolute atomic E-state index is 13.2. The predicted molar refractivity (Wildman–Crippen MR) is 81.8 cm³/mol. The van der Waals surface area contributed by atoms with Gasteiger partial charge in [-0.25, -0.2) is 0 Å². The lowest BCUT2D eigenvalue weighted by atomic mass is 9.77. The third-order valence-corrected chi connectivity index (χ3v) is 6.02. The number of carbonyl (C=O) groups excluding carboxylic acids is 1. The second-order valence-electron chi connectivity index (χ2n) is 7.40. The predicted octanol–water partition coefficient (Wildman–Crippen LogP) is 3.35. The second kappa shape index (κ2) is 6.99. The van der Waals surface area contributed by atoms with E-state index in [-0.39, 0.29) is 12.3 Å². The molecule has 0 aromatic rings. The Kier molecular flexibility index (Phi) is 5.19. The summed E-state index contributed by atoms with van der Waals surface area (Å²) in [6.07, 6.45) is 1.84. The number of hydrogen-bond acceptors (Lipinski definition) is 2. The largest absolute Gasteiger partial charge is 0.392 e. The van der Waals surface area contributed by atoms with Crippen LogP contribution in [0.1, 0.15) is 51.4 Å². The summed E-state index contributed by atoms with van der Waals surface area (Å²) in [6, 6.07) is 0.546. The maximum atomic E-state index is 13.2. The quantitative estimate of drug-likeness (QED) is 0.841. The summed E-state index contributed by atoms with van der Waals surface area (Å²) in [6.45, 7) is 2.32. The van der Waals surface area contributed by atoms with Crippen LogP contribution in [0.2, 0.25) is 0 Å². The lowest BCUT2D eigenvalue weighted by Crippen LogP contribution is -2.48. The molecule has 2 aliphatic heterocycles. The van der Waals surface area contributed by atoms with Crippen LogP contribution in [0.25, 0.3) is 0 Å². The average Bonchev–Trinajstić information content (AvgIpc) is 3.08. The van der Waals surface area contributed by atoms with Crippen molar-refractivity contribution in [3.05, 3.63) is 0 Å². The first-order chi connectivity index (χ1) is 11.0. The summed E-state index contributed by atoms with van der Waals surface area (Å²) in [5.74, 6) is -1.95. The minimum absolute atomic E-state index is 0.113. The van der Waals surface area contributed by atoms with E-state index in [9.17, 15) is 18.0 Å². The number of amides is 1. The Hall–Kier alpha value is -0.780. The van der Waals surface area contributed by atoms with Crippen LogP contribution in [-0.2, 0) is 4.79 Å². The van der Waals surface area contributed by atoms with Crippen LogP contribution in [-0.4, -0.2) is 42.7 Å². The van der Waals surface area contributed by atoms with Gasteiger partial charge in [0, 0.05) is 25.0 Å². The molecule has 0 spiro atoms. The van der Waals surface area contributed by atoms with Crippen molar-refractivity contribution < 1.29 is 18.0 Å². The van der Waals surface area contributed by atoms with E-state index < -0.39 is 18.0 Å². The highest BCUT2D eigenvalue weighted by Gasteiger charge is 2.49. The van der Waals surface area contributed by atoms with Crippen molar-refractivity contribution in [3.63, 3.8) is 0 Å². The number of piperidine rings is 1. The first-order valence-electron chi connectivity index (χ1n) is 9.05. The monoisotopic (exact) mass is 332 g/mol. The third-order valence-electron chi connectivity index (χ3n) is 6.02. The van der Waals surface area contributed by atoms with E-state index >= 15 is 0 Å². The minimum Gasteiger partial charge on any atom is -0.342 e. The van der Waals surface area contributed by atoms with Crippen LogP contribution < -0.4 is 5.32 Å². The molecule has 3 rings (SSSR count). The van der Waals surface area contributed by atoms with E-state index in [0.29, 0.717) is 37.9 Å². The molecule has 0 aromatic heterocycles. The van der Waals surface area contributed by atoms with Crippen molar-refractivity contribution in [2.75, 3.05) is 19.6 Å². The lowest BCUT2D eigenvalue weighted by molar-refractivity contribution is -0.201. The first-order valence-corrected chi connectivity index (χ1v) is 9.05. The van der Waals surface area contributed by atoms with Gasteiger partial charge in [-0.2, -0.15) is 13.2 Å². The van der Waals surface area contributed by atoms with Crippen LogP contribution in [0.15, 0.2) is 0 Å². The molecule has 3 aliphatic rings. The average molecular weight is 332 g/mol.